The molecule has 63 heavy (non-hydrogen) atoms. The number of aryl methyl sites for hydroxylation is 1. The first kappa shape index (κ1) is 35.6. The molecule has 0 N–H and O–H groups in total. The molecule has 1 aliphatic rings. The predicted octanol–water partition coefficient (Wildman–Crippen LogP) is 13.9. The molecule has 0 atom stereocenters. The van der Waals surface area contributed by atoms with Gasteiger partial charge in [0.25, 0.3) is 0 Å². The fourth-order valence-corrected chi connectivity index (χ4v) is 10.3. The molecule has 298 valence electrons. The average molecular weight is 809 g/mol. The highest BCUT2D eigenvalue weighted by Gasteiger charge is 2.23. The van der Waals surface area contributed by atoms with Crippen molar-refractivity contribution in [2.75, 3.05) is 0 Å². The Bertz CT molecular complexity index is 3670. The fraction of sp³-hybridized carbons (Fsp3) is 0.0702. The lowest BCUT2D eigenvalue weighted by atomic mass is 9.94. The smallest absolute Gasteiger partial charge is 0.162 e. The van der Waals surface area contributed by atoms with Crippen LogP contribution in [0.15, 0.2) is 194 Å². The topological polar surface area (TPSA) is 53.5 Å². The van der Waals surface area contributed by atoms with Crippen molar-refractivity contribution in [1.82, 2.24) is 28.7 Å². The second kappa shape index (κ2) is 14.3. The summed E-state index contributed by atoms with van der Waals surface area (Å²) in [6.45, 7) is 0. The van der Waals surface area contributed by atoms with Crippen molar-refractivity contribution in [3.63, 3.8) is 0 Å². The largest absolute Gasteiger partial charge is 0.313 e. The lowest BCUT2D eigenvalue weighted by Gasteiger charge is -2.16. The number of pyridine rings is 1. The Kier molecular flexibility index (Phi) is 8.06. The molecular weight excluding hydrogens is 769 g/mol. The molecule has 0 fully saturated rings. The number of fused-ring (bicyclic) bond motifs is 9. The van der Waals surface area contributed by atoms with E-state index in [1.165, 1.54) is 73.6 Å². The number of nitrogens with zero attached hydrogens (tertiary/aromatic N) is 6. The zero-order chi connectivity index (χ0) is 41.4. The number of aromatic nitrogens is 6. The SMILES string of the molecule is c1ccc(-c2cc(-n3c4ccc(-c5ccc6c(c5)c5c(n6-c6ccccc6)CCCC5)cc4c4ccncc43)nc(-c3ccc(-n4c5ccccc5c5ccccc54)cc3)n2)cc1. The molecule has 6 nitrogen and oxygen atoms in total. The second-order valence-corrected chi connectivity index (χ2v) is 16.7. The van der Waals surface area contributed by atoms with Gasteiger partial charge in [-0.3, -0.25) is 9.55 Å². The van der Waals surface area contributed by atoms with Gasteiger partial charge in [-0.2, -0.15) is 0 Å². The van der Waals surface area contributed by atoms with Crippen LogP contribution in [0.25, 0.3) is 105 Å². The predicted molar refractivity (Wildman–Crippen MR) is 258 cm³/mol. The molecule has 5 heterocycles. The van der Waals surface area contributed by atoms with Crippen LogP contribution in [0.2, 0.25) is 0 Å². The van der Waals surface area contributed by atoms with Gasteiger partial charge in [-0.1, -0.05) is 97.1 Å². The van der Waals surface area contributed by atoms with E-state index >= 15 is 0 Å². The maximum Gasteiger partial charge on any atom is 0.162 e. The highest BCUT2D eigenvalue weighted by Crippen LogP contribution is 2.40. The van der Waals surface area contributed by atoms with Crippen LogP contribution in [0.4, 0.5) is 0 Å². The average Bonchev–Trinajstić information content (AvgIpc) is 4.00. The van der Waals surface area contributed by atoms with Crippen LogP contribution >= 0.6 is 0 Å². The number of rotatable bonds is 6. The molecule has 1 aliphatic carbocycles. The molecule has 0 unspecified atom stereocenters. The first-order valence-corrected chi connectivity index (χ1v) is 21.9. The molecule has 6 heteroatoms. The molecule has 0 aliphatic heterocycles. The maximum atomic E-state index is 5.36. The van der Waals surface area contributed by atoms with Crippen molar-refractivity contribution in [1.29, 1.82) is 0 Å². The molecule has 12 aromatic rings. The van der Waals surface area contributed by atoms with Gasteiger partial charge < -0.3 is 9.13 Å². The van der Waals surface area contributed by atoms with Crippen molar-refractivity contribution in [2.24, 2.45) is 0 Å². The van der Waals surface area contributed by atoms with E-state index in [1.807, 2.05) is 18.5 Å². The Labute approximate surface area is 364 Å². The Balaban J connectivity index is 0.951. The molecule has 13 rings (SSSR count). The molecular formula is C57H40N6. The van der Waals surface area contributed by atoms with E-state index in [0.717, 1.165) is 63.0 Å². The maximum absolute atomic E-state index is 5.36. The third kappa shape index (κ3) is 5.68. The quantitative estimate of drug-likeness (QED) is 0.168. The van der Waals surface area contributed by atoms with Crippen molar-refractivity contribution in [2.45, 2.75) is 25.7 Å². The molecule has 0 saturated heterocycles. The summed E-state index contributed by atoms with van der Waals surface area (Å²) in [7, 11) is 0. The summed E-state index contributed by atoms with van der Waals surface area (Å²) in [5.74, 6) is 1.45. The number of hydrogen-bond acceptors (Lipinski definition) is 3. The summed E-state index contributed by atoms with van der Waals surface area (Å²) in [5.41, 5.74) is 16.3. The Morgan fingerprint density at radius 3 is 1.71 bits per heavy atom. The van der Waals surface area contributed by atoms with E-state index in [4.69, 9.17) is 9.97 Å². The Hall–Kier alpha value is -8.09. The van der Waals surface area contributed by atoms with Crippen molar-refractivity contribution in [3.8, 4) is 51.0 Å². The van der Waals surface area contributed by atoms with E-state index in [2.05, 4.69) is 195 Å². The second-order valence-electron chi connectivity index (χ2n) is 16.7. The van der Waals surface area contributed by atoms with Gasteiger partial charge in [-0.05, 0) is 121 Å². The molecule has 0 saturated carbocycles. The highest BCUT2D eigenvalue weighted by molar-refractivity contribution is 6.11. The van der Waals surface area contributed by atoms with Crippen LogP contribution in [0.1, 0.15) is 24.1 Å². The molecule has 0 spiro atoms. The summed E-state index contributed by atoms with van der Waals surface area (Å²) in [6, 6.07) is 65.3. The van der Waals surface area contributed by atoms with Crippen LogP contribution in [-0.2, 0) is 12.8 Å². The standard InChI is InChI=1S/C57H40N6/c1-3-13-37(14-4-1)49-35-56(60-57(59-49)38-23-27-42(28-24-38)62-50-20-10-7-17-43(50)44-18-8-11-21-51(44)62)63-54-30-26-40(34-48(54)46-31-32-58-36-55(46)63)39-25-29-53-47(33-39)45-19-9-12-22-52(45)61(53)41-15-5-2-6-16-41/h1-8,10-11,13-18,20-21,23-36H,9,12,19,22H2. The Morgan fingerprint density at radius 2 is 0.968 bits per heavy atom. The van der Waals surface area contributed by atoms with E-state index in [0.29, 0.717) is 5.82 Å². The summed E-state index contributed by atoms with van der Waals surface area (Å²) < 4.78 is 7.09. The van der Waals surface area contributed by atoms with Crippen LogP contribution in [0.5, 0.6) is 0 Å². The highest BCUT2D eigenvalue weighted by atomic mass is 15.1. The first-order valence-electron chi connectivity index (χ1n) is 21.9. The fourth-order valence-electron chi connectivity index (χ4n) is 10.3. The van der Waals surface area contributed by atoms with Gasteiger partial charge in [0, 0.05) is 67.4 Å². The number of para-hydroxylation sites is 3. The molecule has 5 aromatic heterocycles. The third-order valence-corrected chi connectivity index (χ3v) is 13.2. The monoisotopic (exact) mass is 808 g/mol. The van der Waals surface area contributed by atoms with Crippen LogP contribution in [0, 0.1) is 0 Å². The first-order chi connectivity index (χ1) is 31.2. The van der Waals surface area contributed by atoms with Crippen molar-refractivity contribution in [3.05, 3.63) is 206 Å². The number of hydrogen-bond donors (Lipinski definition) is 0. The van der Waals surface area contributed by atoms with E-state index in [-0.39, 0.29) is 0 Å². The van der Waals surface area contributed by atoms with Gasteiger partial charge in [-0.15, -0.1) is 0 Å². The summed E-state index contributed by atoms with van der Waals surface area (Å²) in [4.78, 5) is 15.2. The zero-order valence-electron chi connectivity index (χ0n) is 34.5. The summed E-state index contributed by atoms with van der Waals surface area (Å²) >= 11 is 0. The van der Waals surface area contributed by atoms with Crippen LogP contribution < -0.4 is 0 Å². The van der Waals surface area contributed by atoms with Crippen molar-refractivity contribution >= 4 is 54.5 Å². The van der Waals surface area contributed by atoms with Gasteiger partial charge in [0.1, 0.15) is 5.82 Å². The minimum atomic E-state index is 0.662. The van der Waals surface area contributed by atoms with Gasteiger partial charge in [0.05, 0.1) is 39.5 Å². The summed E-state index contributed by atoms with van der Waals surface area (Å²) in [6.07, 6.45) is 8.54. The normalized spacial score (nSPS) is 12.8. The van der Waals surface area contributed by atoms with Gasteiger partial charge in [0.15, 0.2) is 5.82 Å². The minimum Gasteiger partial charge on any atom is -0.313 e. The van der Waals surface area contributed by atoms with Gasteiger partial charge in [-0.25, -0.2) is 9.97 Å². The minimum absolute atomic E-state index is 0.662. The summed E-state index contributed by atoms with van der Waals surface area (Å²) in [5, 5.41) is 6.14. The van der Waals surface area contributed by atoms with E-state index < -0.39 is 0 Å². The lowest BCUT2D eigenvalue weighted by Crippen LogP contribution is -2.06. The Morgan fingerprint density at radius 1 is 0.381 bits per heavy atom. The lowest BCUT2D eigenvalue weighted by molar-refractivity contribution is 0.667. The third-order valence-electron chi connectivity index (χ3n) is 13.2. The molecule has 0 radical (unpaired) electrons. The molecule has 0 bridgehead atoms. The molecule has 7 aromatic carbocycles. The van der Waals surface area contributed by atoms with Crippen LogP contribution in [-0.4, -0.2) is 28.7 Å². The zero-order valence-corrected chi connectivity index (χ0v) is 34.5. The number of benzene rings is 7. The van der Waals surface area contributed by atoms with Gasteiger partial charge >= 0.3 is 0 Å². The van der Waals surface area contributed by atoms with E-state index in [1.54, 1.807) is 0 Å². The van der Waals surface area contributed by atoms with E-state index in [9.17, 15) is 0 Å². The van der Waals surface area contributed by atoms with Crippen molar-refractivity contribution < 1.29 is 0 Å². The molecule has 0 amide bonds. The van der Waals surface area contributed by atoms with Gasteiger partial charge in [0.2, 0.25) is 0 Å². The van der Waals surface area contributed by atoms with Crippen LogP contribution in [0.3, 0.4) is 0 Å².